The van der Waals surface area contributed by atoms with E-state index in [2.05, 4.69) is 30.9 Å². The quantitative estimate of drug-likeness (QED) is 0.496. The molecule has 1 N–H and O–H groups in total. The van der Waals surface area contributed by atoms with Crippen molar-refractivity contribution in [3.8, 4) is 17.4 Å². The van der Waals surface area contributed by atoms with Crippen molar-refractivity contribution in [2.45, 2.75) is 13.2 Å². The second-order valence-corrected chi connectivity index (χ2v) is 6.03. The molecule has 0 aliphatic rings. The highest BCUT2D eigenvalue weighted by Crippen LogP contribution is 2.17. The number of hydrogen-bond donors (Lipinski definition) is 1. The van der Waals surface area contributed by atoms with Gasteiger partial charge in [-0.15, -0.1) is 5.10 Å². The molecule has 0 saturated heterocycles. The first-order valence-electron chi connectivity index (χ1n) is 7.91. The fourth-order valence-corrected chi connectivity index (χ4v) is 2.61. The van der Waals surface area contributed by atoms with E-state index >= 15 is 0 Å². The van der Waals surface area contributed by atoms with Gasteiger partial charge in [0.05, 0.1) is 13.3 Å². The molecule has 0 bridgehead atoms. The van der Waals surface area contributed by atoms with E-state index < -0.39 is 0 Å². The van der Waals surface area contributed by atoms with Crippen LogP contribution in [0.15, 0.2) is 64.2 Å². The number of benzene rings is 1. The monoisotopic (exact) mass is 358 g/mol. The zero-order chi connectivity index (χ0) is 17.6. The van der Waals surface area contributed by atoms with E-state index in [0.717, 1.165) is 12.3 Å². The summed E-state index contributed by atoms with van der Waals surface area (Å²) in [6, 6.07) is 11.6. The standard InChI is InChI=1S/C18H19N3O3S/c1-3-10-22-15-8-6-14(7-9-15)12-20(2)13-21-18(25)24-17(19-21)16-5-4-11-23-16/h3-9,11H,1,10,12-13H2,2H3/p+1. The molecule has 0 aliphatic carbocycles. The van der Waals surface area contributed by atoms with Crippen molar-refractivity contribution in [1.29, 1.82) is 0 Å². The maximum atomic E-state index is 5.50. The lowest BCUT2D eigenvalue weighted by molar-refractivity contribution is -0.917. The second-order valence-electron chi connectivity index (χ2n) is 5.69. The molecule has 25 heavy (non-hydrogen) atoms. The van der Waals surface area contributed by atoms with Crippen molar-refractivity contribution in [1.82, 2.24) is 9.78 Å². The predicted molar refractivity (Wildman–Crippen MR) is 95.8 cm³/mol. The first-order valence-corrected chi connectivity index (χ1v) is 8.32. The van der Waals surface area contributed by atoms with Crippen LogP contribution in [0.1, 0.15) is 5.56 Å². The van der Waals surface area contributed by atoms with Crippen LogP contribution >= 0.6 is 12.2 Å². The molecule has 7 heteroatoms. The molecule has 1 unspecified atom stereocenters. The Kier molecular flexibility index (Phi) is 5.47. The molecule has 2 heterocycles. The SMILES string of the molecule is C=CCOc1ccc(C[NH+](C)Cn2nc(-c3ccco3)oc2=S)cc1. The number of rotatable bonds is 8. The smallest absolute Gasteiger partial charge is 0.292 e. The van der Waals surface area contributed by atoms with Gasteiger partial charge in [-0.3, -0.25) is 0 Å². The summed E-state index contributed by atoms with van der Waals surface area (Å²) in [6.45, 7) is 5.57. The number of furan rings is 1. The minimum Gasteiger partial charge on any atom is -0.490 e. The molecular weight excluding hydrogens is 338 g/mol. The number of nitrogens with zero attached hydrogens (tertiary/aromatic N) is 2. The molecule has 0 aliphatic heterocycles. The molecule has 0 saturated carbocycles. The van der Waals surface area contributed by atoms with Gasteiger partial charge in [0.1, 0.15) is 18.9 Å². The molecule has 3 rings (SSSR count). The maximum Gasteiger partial charge on any atom is 0.292 e. The van der Waals surface area contributed by atoms with Crippen molar-refractivity contribution >= 4 is 12.2 Å². The van der Waals surface area contributed by atoms with Gasteiger partial charge in [0.2, 0.25) is 0 Å². The Balaban J connectivity index is 1.62. The highest BCUT2D eigenvalue weighted by molar-refractivity contribution is 7.71. The fraction of sp³-hybridized carbons (Fsp3) is 0.222. The predicted octanol–water partition coefficient (Wildman–Crippen LogP) is 2.70. The van der Waals surface area contributed by atoms with Gasteiger partial charge in [-0.2, -0.15) is 4.68 Å². The van der Waals surface area contributed by atoms with Crippen LogP contribution in [0.4, 0.5) is 0 Å². The Morgan fingerprint density at radius 3 is 2.80 bits per heavy atom. The zero-order valence-electron chi connectivity index (χ0n) is 14.0. The van der Waals surface area contributed by atoms with Crippen LogP contribution in [0.2, 0.25) is 0 Å². The maximum absolute atomic E-state index is 5.50. The minimum atomic E-state index is 0.332. The largest absolute Gasteiger partial charge is 0.490 e. The summed E-state index contributed by atoms with van der Waals surface area (Å²) in [6.07, 6.45) is 3.30. The van der Waals surface area contributed by atoms with Crippen LogP contribution in [0.3, 0.4) is 0 Å². The minimum absolute atomic E-state index is 0.332. The van der Waals surface area contributed by atoms with Crippen LogP contribution in [0.5, 0.6) is 5.75 Å². The number of ether oxygens (including phenoxy) is 1. The van der Waals surface area contributed by atoms with E-state index in [0.29, 0.717) is 29.8 Å². The third kappa shape index (κ3) is 4.46. The summed E-state index contributed by atoms with van der Waals surface area (Å²) in [4.78, 5) is 1.55. The topological polar surface area (TPSA) is 57.8 Å². The normalized spacial score (nSPS) is 12.0. The Bertz CT molecular complexity index is 866. The van der Waals surface area contributed by atoms with Crippen LogP contribution in [-0.4, -0.2) is 23.4 Å². The molecule has 6 nitrogen and oxygen atoms in total. The van der Waals surface area contributed by atoms with E-state index in [4.69, 9.17) is 25.8 Å². The van der Waals surface area contributed by atoms with Gasteiger partial charge in [-0.1, -0.05) is 12.7 Å². The van der Waals surface area contributed by atoms with Gasteiger partial charge in [0.25, 0.3) is 10.7 Å². The third-order valence-electron chi connectivity index (χ3n) is 3.56. The molecule has 3 aromatic rings. The highest BCUT2D eigenvalue weighted by Gasteiger charge is 2.13. The average Bonchev–Trinajstić information content (AvgIpc) is 3.25. The summed E-state index contributed by atoms with van der Waals surface area (Å²) in [5, 5.41) is 4.38. The first kappa shape index (κ1) is 17.2. The van der Waals surface area contributed by atoms with Gasteiger partial charge in [-0.25, -0.2) is 0 Å². The summed E-state index contributed by atoms with van der Waals surface area (Å²) >= 11 is 5.24. The Morgan fingerprint density at radius 2 is 2.12 bits per heavy atom. The number of quaternary nitrogens is 1. The molecule has 0 amide bonds. The molecule has 2 aromatic heterocycles. The molecule has 0 fully saturated rings. The lowest BCUT2D eigenvalue weighted by Crippen LogP contribution is -3.07. The van der Waals surface area contributed by atoms with Crippen molar-refractivity contribution in [2.75, 3.05) is 13.7 Å². The third-order valence-corrected chi connectivity index (χ3v) is 3.85. The lowest BCUT2D eigenvalue weighted by atomic mass is 10.2. The zero-order valence-corrected chi connectivity index (χ0v) is 14.8. The van der Waals surface area contributed by atoms with Crippen molar-refractivity contribution in [3.63, 3.8) is 0 Å². The molecule has 0 spiro atoms. The highest BCUT2D eigenvalue weighted by atomic mass is 32.1. The van der Waals surface area contributed by atoms with Crippen LogP contribution < -0.4 is 9.64 Å². The number of hydrogen-bond acceptors (Lipinski definition) is 5. The van der Waals surface area contributed by atoms with Gasteiger partial charge >= 0.3 is 0 Å². The fourth-order valence-electron chi connectivity index (χ4n) is 2.42. The van der Waals surface area contributed by atoms with Crippen LogP contribution in [-0.2, 0) is 13.2 Å². The summed E-state index contributed by atoms with van der Waals surface area (Å²) in [5.41, 5.74) is 1.20. The summed E-state index contributed by atoms with van der Waals surface area (Å²) in [7, 11) is 2.07. The average molecular weight is 358 g/mol. The van der Waals surface area contributed by atoms with E-state index in [9.17, 15) is 0 Å². The molecule has 130 valence electrons. The molecular formula is C18H20N3O3S+. The lowest BCUT2D eigenvalue weighted by Gasteiger charge is -2.13. The Labute approximate surface area is 150 Å². The Hall–Kier alpha value is -2.64. The van der Waals surface area contributed by atoms with E-state index in [1.54, 1.807) is 29.2 Å². The van der Waals surface area contributed by atoms with E-state index in [-0.39, 0.29) is 0 Å². The van der Waals surface area contributed by atoms with Crippen molar-refractivity contribution < 1.29 is 18.5 Å². The second kappa shape index (κ2) is 7.96. The molecule has 1 aromatic carbocycles. The van der Waals surface area contributed by atoms with Gasteiger partial charge < -0.3 is 18.5 Å². The van der Waals surface area contributed by atoms with Gasteiger partial charge in [0.15, 0.2) is 12.4 Å². The summed E-state index contributed by atoms with van der Waals surface area (Å²) in [5.74, 6) is 1.80. The van der Waals surface area contributed by atoms with Crippen molar-refractivity contribution in [2.24, 2.45) is 0 Å². The van der Waals surface area contributed by atoms with E-state index in [1.807, 2.05) is 12.1 Å². The first-order chi connectivity index (χ1) is 12.2. The van der Waals surface area contributed by atoms with E-state index in [1.165, 1.54) is 10.5 Å². The molecule has 0 radical (unpaired) electrons. The van der Waals surface area contributed by atoms with Gasteiger partial charge in [0, 0.05) is 5.56 Å². The number of nitrogens with one attached hydrogen (secondary N) is 1. The number of aromatic nitrogens is 2. The Morgan fingerprint density at radius 1 is 1.32 bits per heavy atom. The van der Waals surface area contributed by atoms with Crippen LogP contribution in [0.25, 0.3) is 11.7 Å². The van der Waals surface area contributed by atoms with Crippen LogP contribution in [0, 0.1) is 4.84 Å². The summed E-state index contributed by atoms with van der Waals surface area (Å²) < 4.78 is 17.9. The van der Waals surface area contributed by atoms with Gasteiger partial charge in [-0.05, 0) is 48.6 Å². The molecule has 1 atom stereocenters. The van der Waals surface area contributed by atoms with Crippen molar-refractivity contribution in [3.05, 3.63) is 65.7 Å².